The van der Waals surface area contributed by atoms with Gasteiger partial charge in [-0.15, -0.1) is 11.6 Å². The van der Waals surface area contributed by atoms with E-state index in [1.54, 1.807) is 0 Å². The van der Waals surface area contributed by atoms with Gasteiger partial charge in [0.05, 0.1) is 0 Å². The molecule has 0 amide bonds. The first kappa shape index (κ1) is 13.7. The van der Waals surface area contributed by atoms with Crippen LogP contribution in [-0.4, -0.2) is 36.6 Å². The van der Waals surface area contributed by atoms with Crippen LogP contribution in [0.15, 0.2) is 22.7 Å². The third kappa shape index (κ3) is 2.65. The van der Waals surface area contributed by atoms with E-state index in [0.29, 0.717) is 11.9 Å². The monoisotopic (exact) mass is 342 g/mol. The summed E-state index contributed by atoms with van der Waals surface area (Å²) in [6.45, 7) is 5.94. The summed E-state index contributed by atoms with van der Waals surface area (Å²) >= 11 is 9.66. The molecule has 2 unspecified atom stereocenters. The number of rotatable bonds is 2. The molecule has 2 atom stereocenters. The maximum absolute atomic E-state index is 6.12. The van der Waals surface area contributed by atoms with Gasteiger partial charge in [0, 0.05) is 41.2 Å². The Labute approximate surface area is 128 Å². The van der Waals surface area contributed by atoms with Crippen LogP contribution in [0.25, 0.3) is 0 Å². The van der Waals surface area contributed by atoms with Crippen molar-refractivity contribution in [2.24, 2.45) is 0 Å². The van der Waals surface area contributed by atoms with Crippen molar-refractivity contribution in [1.29, 1.82) is 0 Å². The van der Waals surface area contributed by atoms with Crippen LogP contribution in [0.2, 0.25) is 0 Å². The Morgan fingerprint density at radius 1 is 1.37 bits per heavy atom. The molecule has 0 radical (unpaired) electrons. The molecule has 2 heterocycles. The Balaban J connectivity index is 1.88. The zero-order chi connectivity index (χ0) is 13.4. The third-order valence-electron chi connectivity index (χ3n) is 4.43. The normalized spacial score (nSPS) is 27.6. The summed E-state index contributed by atoms with van der Waals surface area (Å²) in [5.74, 6) is 0.576. The highest BCUT2D eigenvalue weighted by Crippen LogP contribution is 2.32. The number of alkyl halides is 1. The van der Waals surface area contributed by atoms with Crippen LogP contribution in [0.3, 0.4) is 0 Å². The van der Waals surface area contributed by atoms with E-state index in [0.717, 1.165) is 17.1 Å². The lowest BCUT2D eigenvalue weighted by molar-refractivity contribution is 0.203. The first-order valence-corrected chi connectivity index (χ1v) is 8.37. The quantitative estimate of drug-likeness (QED) is 0.752. The maximum atomic E-state index is 6.12. The van der Waals surface area contributed by atoms with Crippen LogP contribution in [0, 0.1) is 0 Å². The number of fused-ring (bicyclic) bond motifs is 1. The second-order valence-electron chi connectivity index (χ2n) is 5.70. The Morgan fingerprint density at radius 3 is 3.00 bits per heavy atom. The first-order valence-electron chi connectivity index (χ1n) is 7.04. The van der Waals surface area contributed by atoms with Crippen molar-refractivity contribution in [3.63, 3.8) is 0 Å². The summed E-state index contributed by atoms with van der Waals surface area (Å²) < 4.78 is 1.11. The van der Waals surface area contributed by atoms with Crippen molar-refractivity contribution in [3.05, 3.63) is 28.2 Å². The predicted octanol–water partition coefficient (Wildman–Crippen LogP) is 3.86. The molecule has 2 aliphatic rings. The van der Waals surface area contributed by atoms with Gasteiger partial charge in [0.2, 0.25) is 0 Å². The fraction of sp³-hybridized carbons (Fsp3) is 0.600. The molecule has 1 aromatic rings. The second-order valence-corrected chi connectivity index (χ2v) is 6.88. The topological polar surface area (TPSA) is 6.48 Å². The van der Waals surface area contributed by atoms with Crippen LogP contribution in [0.5, 0.6) is 0 Å². The van der Waals surface area contributed by atoms with Gasteiger partial charge in [0.15, 0.2) is 0 Å². The van der Waals surface area contributed by atoms with E-state index in [9.17, 15) is 0 Å². The van der Waals surface area contributed by atoms with Crippen LogP contribution in [-0.2, 0) is 5.88 Å². The molecule has 0 aromatic heterocycles. The van der Waals surface area contributed by atoms with E-state index >= 15 is 0 Å². The van der Waals surface area contributed by atoms with Gasteiger partial charge in [-0.25, -0.2) is 0 Å². The lowest BCUT2D eigenvalue weighted by Gasteiger charge is -2.44. The molecule has 2 nitrogen and oxygen atoms in total. The fourth-order valence-corrected chi connectivity index (χ4v) is 4.09. The molecule has 2 aliphatic heterocycles. The number of anilines is 1. The minimum absolute atomic E-state index is 0.567. The molecule has 0 saturated carbocycles. The molecule has 3 rings (SSSR count). The Kier molecular flexibility index (Phi) is 4.06. The zero-order valence-electron chi connectivity index (χ0n) is 11.3. The molecule has 104 valence electrons. The molecule has 2 saturated heterocycles. The average Bonchev–Trinajstić information content (AvgIpc) is 2.85. The zero-order valence-corrected chi connectivity index (χ0v) is 13.6. The van der Waals surface area contributed by atoms with Gasteiger partial charge in [-0.1, -0.05) is 15.9 Å². The predicted molar refractivity (Wildman–Crippen MR) is 85.1 cm³/mol. The molecule has 0 bridgehead atoms. The first-order chi connectivity index (χ1) is 9.19. The number of benzene rings is 1. The molecule has 1 aromatic carbocycles. The Hall–Kier alpha value is -0.250. The van der Waals surface area contributed by atoms with Gasteiger partial charge < -0.3 is 4.90 Å². The molecule has 0 spiro atoms. The highest BCUT2D eigenvalue weighted by atomic mass is 79.9. The Bertz CT molecular complexity index is 465. The molecular formula is C15H20BrClN2. The number of hydrogen-bond acceptors (Lipinski definition) is 2. The van der Waals surface area contributed by atoms with Gasteiger partial charge in [-0.3, -0.25) is 4.90 Å². The average molecular weight is 344 g/mol. The van der Waals surface area contributed by atoms with Crippen LogP contribution >= 0.6 is 27.5 Å². The molecular weight excluding hydrogens is 324 g/mol. The number of nitrogens with zero attached hydrogens (tertiary/aromatic N) is 2. The van der Waals surface area contributed by atoms with Gasteiger partial charge >= 0.3 is 0 Å². The third-order valence-corrected chi connectivity index (χ3v) is 5.21. The van der Waals surface area contributed by atoms with Gasteiger partial charge in [0.25, 0.3) is 0 Å². The second kappa shape index (κ2) is 5.63. The summed E-state index contributed by atoms with van der Waals surface area (Å²) in [5.41, 5.74) is 2.55. The Morgan fingerprint density at radius 2 is 2.21 bits per heavy atom. The van der Waals surface area contributed by atoms with Crippen LogP contribution < -0.4 is 4.90 Å². The van der Waals surface area contributed by atoms with Crippen molar-refractivity contribution in [3.8, 4) is 0 Å². The standard InChI is InChI=1S/C15H20BrClN2/c1-11-9-18-6-2-3-14(18)10-19(11)15-5-4-13(16)7-12(15)8-17/h4-5,7,11,14H,2-3,6,8-10H2,1H3. The van der Waals surface area contributed by atoms with Crippen molar-refractivity contribution < 1.29 is 0 Å². The summed E-state index contributed by atoms with van der Waals surface area (Å²) in [6.07, 6.45) is 2.70. The largest absolute Gasteiger partial charge is 0.366 e. The van der Waals surface area contributed by atoms with Gasteiger partial charge in [0.1, 0.15) is 0 Å². The smallest absolute Gasteiger partial charge is 0.0494 e. The minimum Gasteiger partial charge on any atom is -0.366 e. The van der Waals surface area contributed by atoms with Crippen molar-refractivity contribution in [2.45, 2.75) is 37.7 Å². The minimum atomic E-state index is 0.567. The number of piperazine rings is 1. The van der Waals surface area contributed by atoms with Crippen molar-refractivity contribution >= 4 is 33.2 Å². The summed E-state index contributed by atoms with van der Waals surface area (Å²) in [5, 5.41) is 0. The van der Waals surface area contributed by atoms with E-state index in [4.69, 9.17) is 11.6 Å². The van der Waals surface area contributed by atoms with Gasteiger partial charge in [-0.2, -0.15) is 0 Å². The van der Waals surface area contributed by atoms with Crippen molar-refractivity contribution in [1.82, 2.24) is 4.90 Å². The van der Waals surface area contributed by atoms with Crippen LogP contribution in [0.4, 0.5) is 5.69 Å². The van der Waals surface area contributed by atoms with E-state index in [1.807, 2.05) is 0 Å². The molecule has 0 aliphatic carbocycles. The van der Waals surface area contributed by atoms with Crippen LogP contribution in [0.1, 0.15) is 25.3 Å². The highest BCUT2D eigenvalue weighted by Gasteiger charge is 2.34. The summed E-state index contributed by atoms with van der Waals surface area (Å²) in [6, 6.07) is 7.79. The van der Waals surface area contributed by atoms with E-state index in [-0.39, 0.29) is 0 Å². The molecule has 4 heteroatoms. The summed E-state index contributed by atoms with van der Waals surface area (Å²) in [7, 11) is 0. The summed E-state index contributed by atoms with van der Waals surface area (Å²) in [4.78, 5) is 5.21. The SMILES string of the molecule is CC1CN2CCCC2CN1c1ccc(Br)cc1CCl. The van der Waals surface area contributed by atoms with Gasteiger partial charge in [-0.05, 0) is 50.1 Å². The maximum Gasteiger partial charge on any atom is 0.0494 e. The molecule has 0 N–H and O–H groups in total. The molecule has 19 heavy (non-hydrogen) atoms. The van der Waals surface area contributed by atoms with E-state index < -0.39 is 0 Å². The number of hydrogen-bond donors (Lipinski definition) is 0. The lowest BCUT2D eigenvalue weighted by atomic mass is 10.0. The van der Waals surface area contributed by atoms with E-state index in [1.165, 1.54) is 37.2 Å². The highest BCUT2D eigenvalue weighted by molar-refractivity contribution is 9.10. The number of halogens is 2. The fourth-order valence-electron chi connectivity index (χ4n) is 3.46. The van der Waals surface area contributed by atoms with Crippen molar-refractivity contribution in [2.75, 3.05) is 24.5 Å². The molecule has 2 fully saturated rings. The van der Waals surface area contributed by atoms with E-state index in [2.05, 4.69) is 50.9 Å². The lowest BCUT2D eigenvalue weighted by Crippen LogP contribution is -2.55.